The van der Waals surface area contributed by atoms with Crippen LogP contribution < -0.4 is 5.73 Å². The summed E-state index contributed by atoms with van der Waals surface area (Å²) in [4.78, 5) is 15.5. The number of hydrogen-bond donors (Lipinski definition) is 1. The third-order valence-corrected chi connectivity index (χ3v) is 2.26. The standard InChI is InChI=1S/C12H18N2O2/c1-3-5-9(2)8-16-12(15)10-6-4-7-11(13)14-10/h4,6-7,9H,3,5,8H2,1-2H3,(H2,13,14). The number of aromatic nitrogens is 1. The molecule has 0 saturated heterocycles. The zero-order valence-corrected chi connectivity index (χ0v) is 9.77. The summed E-state index contributed by atoms with van der Waals surface area (Å²) in [5, 5.41) is 0. The molecule has 1 aromatic heterocycles. The van der Waals surface area contributed by atoms with E-state index in [2.05, 4.69) is 18.8 Å². The minimum Gasteiger partial charge on any atom is -0.461 e. The van der Waals surface area contributed by atoms with Crippen LogP contribution in [-0.4, -0.2) is 17.6 Å². The Labute approximate surface area is 95.8 Å². The number of hydrogen-bond acceptors (Lipinski definition) is 4. The summed E-state index contributed by atoms with van der Waals surface area (Å²) in [5.74, 6) is 0.307. The maximum Gasteiger partial charge on any atom is 0.357 e. The lowest BCUT2D eigenvalue weighted by Gasteiger charge is -2.10. The first-order valence-electron chi connectivity index (χ1n) is 5.53. The first kappa shape index (κ1) is 12.5. The number of ether oxygens (including phenoxy) is 1. The highest BCUT2D eigenvalue weighted by Crippen LogP contribution is 2.08. The van der Waals surface area contributed by atoms with Gasteiger partial charge in [0.25, 0.3) is 0 Å². The minimum atomic E-state index is -0.407. The van der Waals surface area contributed by atoms with Crippen LogP contribution in [0.4, 0.5) is 5.82 Å². The molecule has 0 aromatic carbocycles. The topological polar surface area (TPSA) is 65.2 Å². The van der Waals surface area contributed by atoms with Gasteiger partial charge >= 0.3 is 5.97 Å². The van der Waals surface area contributed by atoms with Crippen LogP contribution >= 0.6 is 0 Å². The average molecular weight is 222 g/mol. The Morgan fingerprint density at radius 1 is 1.56 bits per heavy atom. The summed E-state index contributed by atoms with van der Waals surface area (Å²) >= 11 is 0. The van der Waals surface area contributed by atoms with Crippen molar-refractivity contribution in [2.75, 3.05) is 12.3 Å². The van der Waals surface area contributed by atoms with Crippen molar-refractivity contribution in [3.63, 3.8) is 0 Å². The molecule has 1 atom stereocenters. The van der Waals surface area contributed by atoms with E-state index in [1.54, 1.807) is 18.2 Å². The van der Waals surface area contributed by atoms with Crippen LogP contribution in [0.25, 0.3) is 0 Å². The van der Waals surface area contributed by atoms with E-state index in [1.165, 1.54) is 0 Å². The van der Waals surface area contributed by atoms with E-state index in [-0.39, 0.29) is 5.69 Å². The molecule has 0 aliphatic heterocycles. The highest BCUT2D eigenvalue weighted by atomic mass is 16.5. The van der Waals surface area contributed by atoms with Crippen LogP contribution in [-0.2, 0) is 4.74 Å². The normalized spacial score (nSPS) is 12.1. The Balaban J connectivity index is 2.47. The van der Waals surface area contributed by atoms with Gasteiger partial charge in [-0.05, 0) is 24.5 Å². The minimum absolute atomic E-state index is 0.267. The third kappa shape index (κ3) is 3.88. The van der Waals surface area contributed by atoms with Gasteiger partial charge in [0, 0.05) is 0 Å². The zero-order valence-electron chi connectivity index (χ0n) is 9.77. The second-order valence-electron chi connectivity index (χ2n) is 3.94. The van der Waals surface area contributed by atoms with E-state index in [0.29, 0.717) is 18.3 Å². The van der Waals surface area contributed by atoms with Crippen LogP contribution in [0.15, 0.2) is 18.2 Å². The van der Waals surface area contributed by atoms with Gasteiger partial charge in [-0.2, -0.15) is 0 Å². The molecule has 0 bridgehead atoms. The number of esters is 1. The molecule has 0 aliphatic carbocycles. The molecule has 1 unspecified atom stereocenters. The molecule has 0 aliphatic rings. The fourth-order valence-electron chi connectivity index (χ4n) is 1.43. The largest absolute Gasteiger partial charge is 0.461 e. The van der Waals surface area contributed by atoms with Crippen molar-refractivity contribution < 1.29 is 9.53 Å². The van der Waals surface area contributed by atoms with Crippen LogP contribution in [0.2, 0.25) is 0 Å². The van der Waals surface area contributed by atoms with E-state index in [9.17, 15) is 4.79 Å². The zero-order chi connectivity index (χ0) is 12.0. The second kappa shape index (κ2) is 6.10. The lowest BCUT2D eigenvalue weighted by Crippen LogP contribution is -2.13. The quantitative estimate of drug-likeness (QED) is 0.776. The monoisotopic (exact) mass is 222 g/mol. The molecule has 88 valence electrons. The molecule has 0 fully saturated rings. The molecule has 0 amide bonds. The molecule has 1 aromatic rings. The van der Waals surface area contributed by atoms with Crippen molar-refractivity contribution >= 4 is 11.8 Å². The lowest BCUT2D eigenvalue weighted by molar-refractivity contribution is 0.0437. The van der Waals surface area contributed by atoms with E-state index >= 15 is 0 Å². The first-order chi connectivity index (χ1) is 7.63. The average Bonchev–Trinajstić information content (AvgIpc) is 2.26. The van der Waals surface area contributed by atoms with E-state index in [4.69, 9.17) is 10.5 Å². The Bertz CT molecular complexity index is 353. The molecule has 2 N–H and O–H groups in total. The second-order valence-corrected chi connectivity index (χ2v) is 3.94. The Hall–Kier alpha value is -1.58. The number of nitrogen functional groups attached to an aromatic ring is 1. The summed E-state index contributed by atoms with van der Waals surface area (Å²) < 4.78 is 5.14. The molecule has 4 heteroatoms. The van der Waals surface area contributed by atoms with Crippen LogP contribution in [0.3, 0.4) is 0 Å². The van der Waals surface area contributed by atoms with Gasteiger partial charge in [-0.3, -0.25) is 0 Å². The first-order valence-corrected chi connectivity index (χ1v) is 5.53. The van der Waals surface area contributed by atoms with Crippen molar-refractivity contribution in [2.24, 2.45) is 5.92 Å². The van der Waals surface area contributed by atoms with Gasteiger partial charge in [-0.15, -0.1) is 0 Å². The molecular weight excluding hydrogens is 204 g/mol. The van der Waals surface area contributed by atoms with Gasteiger partial charge in [-0.1, -0.05) is 26.3 Å². The van der Waals surface area contributed by atoms with E-state index in [1.807, 2.05) is 0 Å². The van der Waals surface area contributed by atoms with E-state index in [0.717, 1.165) is 12.8 Å². The molecule has 4 nitrogen and oxygen atoms in total. The molecule has 0 saturated carbocycles. The van der Waals surface area contributed by atoms with Crippen molar-refractivity contribution in [3.8, 4) is 0 Å². The number of nitrogens with zero attached hydrogens (tertiary/aromatic N) is 1. The summed E-state index contributed by atoms with van der Waals surface area (Å²) in [6, 6.07) is 4.92. The highest BCUT2D eigenvalue weighted by molar-refractivity contribution is 5.87. The molecule has 0 radical (unpaired) electrons. The Kier molecular flexibility index (Phi) is 4.76. The summed E-state index contributed by atoms with van der Waals surface area (Å²) in [6.45, 7) is 4.60. The molecule has 16 heavy (non-hydrogen) atoms. The van der Waals surface area contributed by atoms with Crippen molar-refractivity contribution in [1.82, 2.24) is 4.98 Å². The van der Waals surface area contributed by atoms with E-state index < -0.39 is 5.97 Å². The lowest BCUT2D eigenvalue weighted by atomic mass is 10.1. The predicted molar refractivity (Wildman–Crippen MR) is 63.0 cm³/mol. The fourth-order valence-corrected chi connectivity index (χ4v) is 1.43. The van der Waals surface area contributed by atoms with Crippen molar-refractivity contribution in [1.29, 1.82) is 0 Å². The van der Waals surface area contributed by atoms with Crippen molar-refractivity contribution in [3.05, 3.63) is 23.9 Å². The number of carbonyl (C=O) groups is 1. The van der Waals surface area contributed by atoms with Crippen LogP contribution in [0.5, 0.6) is 0 Å². The molecular formula is C12H18N2O2. The van der Waals surface area contributed by atoms with Gasteiger partial charge in [0.1, 0.15) is 5.82 Å². The van der Waals surface area contributed by atoms with Gasteiger partial charge in [-0.25, -0.2) is 9.78 Å². The molecule has 1 rings (SSSR count). The van der Waals surface area contributed by atoms with Gasteiger partial charge in [0.2, 0.25) is 0 Å². The van der Waals surface area contributed by atoms with Crippen LogP contribution in [0, 0.1) is 5.92 Å². The smallest absolute Gasteiger partial charge is 0.357 e. The molecule has 1 heterocycles. The fraction of sp³-hybridized carbons (Fsp3) is 0.500. The van der Waals surface area contributed by atoms with Gasteiger partial charge < -0.3 is 10.5 Å². The van der Waals surface area contributed by atoms with Gasteiger partial charge in [0.15, 0.2) is 5.69 Å². The van der Waals surface area contributed by atoms with Crippen molar-refractivity contribution in [2.45, 2.75) is 26.7 Å². The maximum absolute atomic E-state index is 11.6. The Morgan fingerprint density at radius 3 is 2.94 bits per heavy atom. The third-order valence-electron chi connectivity index (χ3n) is 2.26. The maximum atomic E-state index is 11.6. The highest BCUT2D eigenvalue weighted by Gasteiger charge is 2.10. The number of anilines is 1. The number of rotatable bonds is 5. The van der Waals surface area contributed by atoms with Gasteiger partial charge in [0.05, 0.1) is 6.61 Å². The Morgan fingerprint density at radius 2 is 2.31 bits per heavy atom. The number of carbonyl (C=O) groups excluding carboxylic acids is 1. The summed E-state index contributed by atoms with van der Waals surface area (Å²) in [6.07, 6.45) is 2.15. The molecule has 0 spiro atoms. The summed E-state index contributed by atoms with van der Waals surface area (Å²) in [7, 11) is 0. The number of pyridine rings is 1. The SMILES string of the molecule is CCCC(C)COC(=O)c1cccc(N)n1. The van der Waals surface area contributed by atoms with Crippen LogP contribution in [0.1, 0.15) is 37.2 Å². The summed E-state index contributed by atoms with van der Waals surface area (Å²) in [5.41, 5.74) is 5.75. The predicted octanol–water partition coefficient (Wildman–Crippen LogP) is 2.26. The number of nitrogens with two attached hydrogens (primary N) is 1.